The fourth-order valence-corrected chi connectivity index (χ4v) is 4.74. The van der Waals surface area contributed by atoms with E-state index in [0.717, 1.165) is 12.8 Å². The first-order valence-electron chi connectivity index (χ1n) is 10.9. The number of carbonyl (C=O) groups is 2. The van der Waals surface area contributed by atoms with Crippen molar-refractivity contribution in [2.24, 2.45) is 5.92 Å². The molecular weight excluding hydrogens is 388 g/mol. The van der Waals surface area contributed by atoms with Crippen molar-refractivity contribution in [2.75, 3.05) is 26.8 Å². The Hall–Kier alpha value is -1.64. The Morgan fingerprint density at radius 1 is 1.23 bits per heavy atom. The van der Waals surface area contributed by atoms with E-state index < -0.39 is 6.09 Å². The molecule has 0 aromatic rings. The molecule has 8 heteroatoms. The van der Waals surface area contributed by atoms with Crippen LogP contribution in [-0.4, -0.2) is 68.3 Å². The van der Waals surface area contributed by atoms with Gasteiger partial charge in [-0.05, 0) is 40.0 Å². The summed E-state index contributed by atoms with van der Waals surface area (Å²) in [6.45, 7) is 9.46. The summed E-state index contributed by atoms with van der Waals surface area (Å²) in [7, 11) is 1.66. The van der Waals surface area contributed by atoms with E-state index in [0.29, 0.717) is 32.5 Å². The van der Waals surface area contributed by atoms with Crippen molar-refractivity contribution in [3.05, 3.63) is 11.6 Å². The average molecular weight is 425 g/mol. The molecule has 170 valence electrons. The van der Waals surface area contributed by atoms with Crippen LogP contribution in [0.25, 0.3) is 0 Å². The Morgan fingerprint density at radius 3 is 2.53 bits per heavy atom. The van der Waals surface area contributed by atoms with Crippen molar-refractivity contribution < 1.29 is 28.5 Å². The number of allylic oxidation sites excluding steroid dienone is 1. The van der Waals surface area contributed by atoms with E-state index in [-0.39, 0.29) is 41.3 Å². The second kappa shape index (κ2) is 9.24. The monoisotopic (exact) mass is 424 g/mol. The van der Waals surface area contributed by atoms with Crippen LogP contribution in [0, 0.1) is 5.92 Å². The molecule has 0 radical (unpaired) electrons. The van der Waals surface area contributed by atoms with Gasteiger partial charge in [0.2, 0.25) is 5.91 Å². The Morgan fingerprint density at radius 2 is 1.93 bits per heavy atom. The van der Waals surface area contributed by atoms with Gasteiger partial charge in [0, 0.05) is 26.6 Å². The number of rotatable bonds is 9. The zero-order valence-corrected chi connectivity index (χ0v) is 18.8. The lowest BCUT2D eigenvalue weighted by atomic mass is 9.68. The van der Waals surface area contributed by atoms with Crippen molar-refractivity contribution in [1.82, 2.24) is 10.6 Å². The highest BCUT2D eigenvalue weighted by atomic mass is 16.6. The summed E-state index contributed by atoms with van der Waals surface area (Å²) >= 11 is 0. The second-order valence-electron chi connectivity index (χ2n) is 8.95. The molecule has 30 heavy (non-hydrogen) atoms. The lowest BCUT2D eigenvalue weighted by Gasteiger charge is -2.42. The first kappa shape index (κ1) is 23.0. The van der Waals surface area contributed by atoms with E-state index in [1.54, 1.807) is 14.0 Å². The van der Waals surface area contributed by atoms with Crippen LogP contribution in [0.15, 0.2) is 11.6 Å². The fraction of sp³-hybridized carbons (Fsp3) is 0.818. The molecule has 6 atom stereocenters. The minimum atomic E-state index is -0.498. The largest absolute Gasteiger partial charge is 0.443 e. The first-order chi connectivity index (χ1) is 14.3. The van der Waals surface area contributed by atoms with Crippen molar-refractivity contribution in [1.29, 1.82) is 0 Å². The SMILES string of the molecule is CCC(=O)NCCNC(=O)OC1CC[C@]2(CO2)C([C@]2(C)O[C@@H]2CC=C(C)C)C1OC. The maximum atomic E-state index is 12.3. The van der Waals surface area contributed by atoms with Gasteiger partial charge in [-0.3, -0.25) is 4.79 Å². The van der Waals surface area contributed by atoms with Crippen LogP contribution in [-0.2, 0) is 23.7 Å². The summed E-state index contributed by atoms with van der Waals surface area (Å²) in [4.78, 5) is 23.6. The van der Waals surface area contributed by atoms with Crippen LogP contribution in [0.5, 0.6) is 0 Å². The molecule has 3 aliphatic rings. The van der Waals surface area contributed by atoms with Crippen LogP contribution in [0.4, 0.5) is 4.79 Å². The number of ether oxygens (including phenoxy) is 4. The Balaban J connectivity index is 1.59. The number of hydrogen-bond acceptors (Lipinski definition) is 6. The minimum Gasteiger partial charge on any atom is -0.443 e. The molecule has 2 heterocycles. The summed E-state index contributed by atoms with van der Waals surface area (Å²) in [6.07, 6.45) is 3.92. The molecule has 2 aliphatic heterocycles. The molecule has 0 bridgehead atoms. The van der Waals surface area contributed by atoms with E-state index in [1.165, 1.54) is 5.57 Å². The van der Waals surface area contributed by atoms with Crippen LogP contribution in [0.2, 0.25) is 0 Å². The third-order valence-electron chi connectivity index (χ3n) is 6.53. The normalized spacial score (nSPS) is 36.7. The van der Waals surface area contributed by atoms with E-state index in [4.69, 9.17) is 18.9 Å². The quantitative estimate of drug-likeness (QED) is 0.335. The topological polar surface area (TPSA) is 102 Å². The molecule has 3 fully saturated rings. The van der Waals surface area contributed by atoms with Crippen molar-refractivity contribution in [3.8, 4) is 0 Å². The number of epoxide rings is 2. The first-order valence-corrected chi connectivity index (χ1v) is 10.9. The number of carbonyl (C=O) groups excluding carboxylic acids is 2. The summed E-state index contributed by atoms with van der Waals surface area (Å²) in [5, 5.41) is 5.42. The number of methoxy groups -OCH3 is 1. The smallest absolute Gasteiger partial charge is 0.407 e. The molecule has 0 aromatic carbocycles. The maximum absolute atomic E-state index is 12.3. The molecule has 0 aromatic heterocycles. The predicted molar refractivity (Wildman–Crippen MR) is 111 cm³/mol. The zero-order valence-electron chi connectivity index (χ0n) is 18.8. The highest BCUT2D eigenvalue weighted by Crippen LogP contribution is 2.59. The van der Waals surface area contributed by atoms with Gasteiger partial charge in [-0.2, -0.15) is 0 Å². The van der Waals surface area contributed by atoms with Gasteiger partial charge in [0.15, 0.2) is 0 Å². The average Bonchev–Trinajstić information content (AvgIpc) is 3.62. The highest BCUT2D eigenvalue weighted by molar-refractivity contribution is 5.75. The van der Waals surface area contributed by atoms with Crippen LogP contribution in [0.3, 0.4) is 0 Å². The van der Waals surface area contributed by atoms with Crippen LogP contribution < -0.4 is 10.6 Å². The second-order valence-corrected chi connectivity index (χ2v) is 8.95. The van der Waals surface area contributed by atoms with Gasteiger partial charge in [-0.15, -0.1) is 0 Å². The molecule has 1 saturated carbocycles. The van der Waals surface area contributed by atoms with E-state index in [2.05, 4.69) is 37.5 Å². The third-order valence-corrected chi connectivity index (χ3v) is 6.53. The van der Waals surface area contributed by atoms with Gasteiger partial charge >= 0.3 is 6.09 Å². The number of hydrogen-bond donors (Lipinski definition) is 2. The van der Waals surface area contributed by atoms with E-state index in [9.17, 15) is 9.59 Å². The number of amides is 2. The standard InChI is InChI=1S/C22H36N2O6/c1-6-17(25)23-11-12-24-20(26)29-15-9-10-22(13-28-22)19(18(15)27-5)21(4)16(30-21)8-7-14(2)3/h7,15-16,18-19H,6,8-13H2,1-5H3,(H,23,25)(H,24,26)/t15?,16-,18?,19?,21-,22+/m1/s1. The van der Waals surface area contributed by atoms with Gasteiger partial charge in [-0.1, -0.05) is 18.6 Å². The number of nitrogens with one attached hydrogen (secondary N) is 2. The minimum absolute atomic E-state index is 0.000884. The van der Waals surface area contributed by atoms with Gasteiger partial charge in [-0.25, -0.2) is 4.79 Å². The highest BCUT2D eigenvalue weighted by Gasteiger charge is 2.72. The zero-order chi connectivity index (χ0) is 21.9. The molecular formula is C22H36N2O6. The Bertz CT molecular complexity index is 673. The Labute approximate surface area is 179 Å². The molecule has 1 spiro atoms. The van der Waals surface area contributed by atoms with Crippen molar-refractivity contribution >= 4 is 12.0 Å². The number of alkyl carbamates (subject to hydrolysis) is 1. The van der Waals surface area contributed by atoms with Gasteiger partial charge in [0.05, 0.1) is 18.6 Å². The summed E-state index contributed by atoms with van der Waals surface area (Å²) < 4.78 is 23.7. The fourth-order valence-electron chi connectivity index (χ4n) is 4.74. The molecule has 1 aliphatic carbocycles. The van der Waals surface area contributed by atoms with E-state index in [1.807, 2.05) is 0 Å². The maximum Gasteiger partial charge on any atom is 0.407 e. The molecule has 2 N–H and O–H groups in total. The van der Waals surface area contributed by atoms with Crippen molar-refractivity contribution in [3.63, 3.8) is 0 Å². The van der Waals surface area contributed by atoms with Crippen LogP contribution >= 0.6 is 0 Å². The van der Waals surface area contributed by atoms with Gasteiger partial charge < -0.3 is 29.6 Å². The van der Waals surface area contributed by atoms with Crippen LogP contribution in [0.1, 0.15) is 53.4 Å². The lowest BCUT2D eigenvalue weighted by Crippen LogP contribution is -2.56. The summed E-state index contributed by atoms with van der Waals surface area (Å²) in [5.74, 6) is -0.0456. The Kier molecular flexibility index (Phi) is 7.09. The predicted octanol–water partition coefficient (Wildman–Crippen LogP) is 2.32. The van der Waals surface area contributed by atoms with E-state index >= 15 is 0 Å². The lowest BCUT2D eigenvalue weighted by molar-refractivity contribution is -0.120. The summed E-state index contributed by atoms with van der Waals surface area (Å²) in [5.41, 5.74) is 0.673. The van der Waals surface area contributed by atoms with Gasteiger partial charge in [0.1, 0.15) is 23.4 Å². The molecule has 2 saturated heterocycles. The molecule has 3 unspecified atom stereocenters. The molecule has 3 rings (SSSR count). The van der Waals surface area contributed by atoms with Crippen molar-refractivity contribution in [2.45, 2.75) is 82.9 Å². The molecule has 8 nitrogen and oxygen atoms in total. The van der Waals surface area contributed by atoms with Gasteiger partial charge in [0.25, 0.3) is 0 Å². The molecule has 2 amide bonds. The third kappa shape index (κ3) is 4.98. The summed E-state index contributed by atoms with van der Waals surface area (Å²) in [6, 6.07) is 0.